The number of rotatable bonds is 6. The number of ether oxygens (including phenoxy) is 1. The van der Waals surface area contributed by atoms with Crippen LogP contribution in [-0.2, 0) is 4.74 Å². The summed E-state index contributed by atoms with van der Waals surface area (Å²) in [5, 5.41) is 8.61. The molecule has 0 aliphatic rings. The maximum atomic E-state index is 8.61. The second-order valence-corrected chi connectivity index (χ2v) is 10.2. The Balaban J connectivity index is 3.90. The van der Waals surface area contributed by atoms with Gasteiger partial charge in [0.25, 0.3) is 0 Å². The second kappa shape index (κ2) is 7.03. The molecular weight excluding hydrogens is 220 g/mol. The summed E-state index contributed by atoms with van der Waals surface area (Å²) >= 11 is 0. The van der Waals surface area contributed by atoms with Gasteiger partial charge in [-0.3, -0.25) is 0 Å². The van der Waals surface area contributed by atoms with E-state index >= 15 is 0 Å². The molecule has 0 saturated heterocycles. The minimum Gasteiger partial charge on any atom is -0.403 e. The molecule has 4 N–H and O–H groups in total. The first kappa shape index (κ1) is 14.7. The van der Waals surface area contributed by atoms with E-state index in [4.69, 9.17) is 21.5 Å². The number of nitrogens with zero attached hydrogens (tertiary/aromatic N) is 2. The molecular formula is C10H20N4OSi. The van der Waals surface area contributed by atoms with Gasteiger partial charge in [0.2, 0.25) is 0 Å². The van der Waals surface area contributed by atoms with Gasteiger partial charge < -0.3 is 16.2 Å². The Hall–Kier alpha value is -1.32. The molecule has 0 unspecified atom stereocenters. The highest BCUT2D eigenvalue weighted by Crippen LogP contribution is 2.07. The van der Waals surface area contributed by atoms with Gasteiger partial charge in [-0.15, -0.1) is 0 Å². The minimum absolute atomic E-state index is 0.123. The van der Waals surface area contributed by atoms with Gasteiger partial charge in [0.1, 0.15) is 24.2 Å². The molecule has 0 aromatic carbocycles. The number of hydrogen-bond acceptors (Lipinski definition) is 4. The average molecular weight is 240 g/mol. The van der Waals surface area contributed by atoms with Gasteiger partial charge in [-0.2, -0.15) is 5.26 Å². The Kier molecular flexibility index (Phi) is 6.45. The van der Waals surface area contributed by atoms with Crippen molar-refractivity contribution in [3.05, 3.63) is 11.8 Å². The van der Waals surface area contributed by atoms with Crippen molar-refractivity contribution in [2.24, 2.45) is 16.5 Å². The highest BCUT2D eigenvalue weighted by atomic mass is 28.3. The number of aliphatic imine (C=N–C) groups is 1. The molecule has 0 aliphatic heterocycles. The fraction of sp³-hybridized carbons (Fsp3) is 0.600. The van der Waals surface area contributed by atoms with Crippen LogP contribution in [0.1, 0.15) is 0 Å². The summed E-state index contributed by atoms with van der Waals surface area (Å²) in [5.74, 6) is 0.123. The first-order valence-corrected chi connectivity index (χ1v) is 8.81. The number of hydrogen-bond donors (Lipinski definition) is 2. The molecule has 0 aromatic rings. The Morgan fingerprint density at radius 2 is 2.12 bits per heavy atom. The molecule has 0 bridgehead atoms. The Bertz CT molecular complexity index is 312. The fourth-order valence-electron chi connectivity index (χ4n) is 0.823. The summed E-state index contributed by atoms with van der Waals surface area (Å²) in [6.07, 6.45) is 1.14. The monoisotopic (exact) mass is 240 g/mol. The molecule has 0 aromatic heterocycles. The van der Waals surface area contributed by atoms with Gasteiger partial charge in [-0.05, 0) is 6.04 Å². The van der Waals surface area contributed by atoms with Gasteiger partial charge >= 0.3 is 0 Å². The maximum Gasteiger partial charge on any atom is 0.140 e. The van der Waals surface area contributed by atoms with Gasteiger partial charge in [-0.1, -0.05) is 19.6 Å². The van der Waals surface area contributed by atoms with Crippen molar-refractivity contribution < 1.29 is 4.74 Å². The SMILES string of the molecule is C[Si](C)(C)CCOCN=C(N)C(C#N)=CN. The third-order valence-corrected chi connectivity index (χ3v) is 3.59. The molecule has 0 atom stereocenters. The third kappa shape index (κ3) is 7.03. The molecule has 5 nitrogen and oxygen atoms in total. The van der Waals surface area contributed by atoms with Crippen LogP contribution in [0.3, 0.4) is 0 Å². The summed E-state index contributed by atoms with van der Waals surface area (Å²) < 4.78 is 5.31. The van der Waals surface area contributed by atoms with Gasteiger partial charge in [0.15, 0.2) is 0 Å². The lowest BCUT2D eigenvalue weighted by Crippen LogP contribution is -2.22. The van der Waals surface area contributed by atoms with E-state index in [0.717, 1.165) is 12.2 Å². The van der Waals surface area contributed by atoms with E-state index in [9.17, 15) is 0 Å². The highest BCUT2D eigenvalue weighted by Gasteiger charge is 2.11. The summed E-state index contributed by atoms with van der Waals surface area (Å²) in [4.78, 5) is 3.90. The zero-order valence-corrected chi connectivity index (χ0v) is 11.2. The zero-order chi connectivity index (χ0) is 12.6. The van der Waals surface area contributed by atoms with Gasteiger partial charge in [0.05, 0.1) is 0 Å². The van der Waals surface area contributed by atoms with Crippen molar-refractivity contribution in [3.8, 4) is 6.07 Å². The van der Waals surface area contributed by atoms with Crippen molar-refractivity contribution in [1.82, 2.24) is 0 Å². The second-order valence-electron chi connectivity index (χ2n) is 4.58. The Morgan fingerprint density at radius 3 is 2.56 bits per heavy atom. The molecule has 16 heavy (non-hydrogen) atoms. The third-order valence-electron chi connectivity index (χ3n) is 1.89. The molecule has 0 radical (unpaired) electrons. The van der Waals surface area contributed by atoms with Crippen LogP contribution in [0.25, 0.3) is 0 Å². The predicted octanol–water partition coefficient (Wildman–Crippen LogP) is 1.02. The minimum atomic E-state index is -1.06. The topological polar surface area (TPSA) is 97.4 Å². The van der Waals surface area contributed by atoms with Crippen molar-refractivity contribution in [2.45, 2.75) is 25.7 Å². The van der Waals surface area contributed by atoms with E-state index in [1.54, 1.807) is 0 Å². The Labute approximate surface area is 97.8 Å². The van der Waals surface area contributed by atoms with Crippen LogP contribution >= 0.6 is 0 Å². The van der Waals surface area contributed by atoms with E-state index in [1.165, 1.54) is 0 Å². The summed E-state index contributed by atoms with van der Waals surface area (Å²) in [7, 11) is -1.06. The average Bonchev–Trinajstić information content (AvgIpc) is 2.17. The molecule has 0 spiro atoms. The van der Waals surface area contributed by atoms with Gasteiger partial charge in [0, 0.05) is 20.9 Å². The standard InChI is InChI=1S/C10H20N4OSi/c1-16(2,3)5-4-15-8-14-10(13)9(6-11)7-12/h6H,4-5,8,11H2,1-3H3,(H2,13,14). The number of nitrogens with two attached hydrogens (primary N) is 2. The summed E-state index contributed by atoms with van der Waals surface area (Å²) in [6, 6.07) is 2.93. The number of amidine groups is 1. The van der Waals surface area contributed by atoms with E-state index in [1.807, 2.05) is 6.07 Å². The Morgan fingerprint density at radius 1 is 1.50 bits per heavy atom. The van der Waals surface area contributed by atoms with Crippen molar-refractivity contribution in [3.63, 3.8) is 0 Å². The molecule has 0 amide bonds. The van der Waals surface area contributed by atoms with Crippen molar-refractivity contribution in [2.75, 3.05) is 13.3 Å². The lowest BCUT2D eigenvalue weighted by atomic mass is 10.3. The van der Waals surface area contributed by atoms with Crippen molar-refractivity contribution >= 4 is 13.9 Å². The molecule has 90 valence electrons. The van der Waals surface area contributed by atoms with Crippen LogP contribution in [-0.4, -0.2) is 27.2 Å². The maximum absolute atomic E-state index is 8.61. The van der Waals surface area contributed by atoms with Gasteiger partial charge in [-0.25, -0.2) is 4.99 Å². The first-order valence-electron chi connectivity index (χ1n) is 5.11. The van der Waals surface area contributed by atoms with Crippen LogP contribution in [0, 0.1) is 11.3 Å². The molecule has 0 saturated carbocycles. The molecule has 0 fully saturated rings. The molecule has 0 aliphatic carbocycles. The normalized spacial score (nSPS) is 13.6. The highest BCUT2D eigenvalue weighted by molar-refractivity contribution is 6.76. The van der Waals surface area contributed by atoms with Crippen LogP contribution in [0.15, 0.2) is 16.8 Å². The van der Waals surface area contributed by atoms with Crippen LogP contribution in [0.4, 0.5) is 0 Å². The van der Waals surface area contributed by atoms with E-state index in [-0.39, 0.29) is 18.1 Å². The summed E-state index contributed by atoms with van der Waals surface area (Å²) in [5.41, 5.74) is 10.9. The predicted molar refractivity (Wildman–Crippen MR) is 68.5 cm³/mol. The van der Waals surface area contributed by atoms with E-state index in [2.05, 4.69) is 24.6 Å². The fourth-order valence-corrected chi connectivity index (χ4v) is 1.58. The largest absolute Gasteiger partial charge is 0.403 e. The van der Waals surface area contributed by atoms with E-state index in [0.29, 0.717) is 6.61 Å². The van der Waals surface area contributed by atoms with Crippen LogP contribution in [0.2, 0.25) is 25.7 Å². The zero-order valence-electron chi connectivity index (χ0n) is 10.2. The van der Waals surface area contributed by atoms with Crippen LogP contribution < -0.4 is 11.5 Å². The van der Waals surface area contributed by atoms with E-state index < -0.39 is 8.07 Å². The molecule has 6 heteroatoms. The van der Waals surface area contributed by atoms with Crippen LogP contribution in [0.5, 0.6) is 0 Å². The lowest BCUT2D eigenvalue weighted by molar-refractivity contribution is 0.155. The smallest absolute Gasteiger partial charge is 0.140 e. The van der Waals surface area contributed by atoms with Crippen molar-refractivity contribution in [1.29, 1.82) is 5.26 Å². The quantitative estimate of drug-likeness (QED) is 0.238. The molecule has 0 rings (SSSR count). The summed E-state index contributed by atoms with van der Waals surface area (Å²) in [6.45, 7) is 7.69. The first-order chi connectivity index (χ1) is 7.40. The lowest BCUT2D eigenvalue weighted by Gasteiger charge is -2.14. The molecule has 0 heterocycles. The number of nitriles is 1.